The number of nitrogens with two attached hydrogens (primary N) is 2. The number of rotatable bonds is 1. The van der Waals surface area contributed by atoms with E-state index in [2.05, 4.69) is 0 Å². The Morgan fingerprint density at radius 3 is 1.83 bits per heavy atom. The average Bonchev–Trinajstić information content (AvgIpc) is 1.38. The fourth-order valence-corrected chi connectivity index (χ4v) is 0. The Morgan fingerprint density at radius 2 is 1.83 bits per heavy atom. The van der Waals surface area contributed by atoms with Crippen molar-refractivity contribution in [2.75, 3.05) is 6.54 Å². The molecule has 0 aromatic carbocycles. The van der Waals surface area contributed by atoms with Crippen LogP contribution in [0.15, 0.2) is 0 Å². The fraction of sp³-hybridized carbons (Fsp3) is 1.00. The minimum absolute atomic E-state index is 0. The van der Waals surface area contributed by atoms with E-state index in [-0.39, 0.29) is 35.6 Å². The van der Waals surface area contributed by atoms with Crippen LogP contribution in [-0.2, 0) is 0 Å². The van der Waals surface area contributed by atoms with Crippen molar-refractivity contribution < 1.29 is 0 Å². The maximum atomic E-state index is 5.17. The smallest absolute Gasteiger partial charge is 0.0134 e. The standard InChI is InChI=1S/C3H10N2.Na/c1-3(5)2-4;/h3H,2,4-5H2,1H3;. The molecule has 2 nitrogen and oxygen atoms in total. The van der Waals surface area contributed by atoms with Crippen LogP contribution in [-0.4, -0.2) is 42.1 Å². The van der Waals surface area contributed by atoms with Crippen molar-refractivity contribution in [1.29, 1.82) is 0 Å². The molecular weight excluding hydrogens is 87.0 g/mol. The van der Waals surface area contributed by atoms with E-state index >= 15 is 0 Å². The monoisotopic (exact) mass is 97.1 g/mol. The molecule has 0 aliphatic carbocycles. The van der Waals surface area contributed by atoms with Crippen molar-refractivity contribution in [3.8, 4) is 0 Å². The molecule has 1 atom stereocenters. The molecule has 4 N–H and O–H groups in total. The summed E-state index contributed by atoms with van der Waals surface area (Å²) in [5.41, 5.74) is 10.2. The summed E-state index contributed by atoms with van der Waals surface area (Å²) in [5.74, 6) is 0. The Balaban J connectivity index is 0. The van der Waals surface area contributed by atoms with Crippen molar-refractivity contribution in [1.82, 2.24) is 0 Å². The molecule has 0 aromatic heterocycles. The topological polar surface area (TPSA) is 52.0 Å². The van der Waals surface area contributed by atoms with Gasteiger partial charge in [-0.25, -0.2) is 0 Å². The third-order valence-corrected chi connectivity index (χ3v) is 0.372. The first-order valence-corrected chi connectivity index (χ1v) is 1.73. The summed E-state index contributed by atoms with van der Waals surface area (Å²) < 4.78 is 0. The first-order chi connectivity index (χ1) is 2.27. The molecule has 0 heterocycles. The molecule has 6 heavy (non-hydrogen) atoms. The molecule has 3 heteroatoms. The molecule has 0 aliphatic heterocycles. The van der Waals surface area contributed by atoms with Gasteiger partial charge in [0.15, 0.2) is 0 Å². The first-order valence-electron chi connectivity index (χ1n) is 1.73. The van der Waals surface area contributed by atoms with Crippen molar-refractivity contribution in [3.63, 3.8) is 0 Å². The Labute approximate surface area is 60.6 Å². The molecular formula is C3H10N2Na. The molecule has 0 saturated heterocycles. The van der Waals surface area contributed by atoms with Gasteiger partial charge in [0.25, 0.3) is 0 Å². The maximum Gasteiger partial charge on any atom is 0.0134 e. The molecule has 33 valence electrons. The normalized spacial score (nSPS) is 12.5. The molecule has 1 radical (unpaired) electrons. The molecule has 0 aliphatic rings. The van der Waals surface area contributed by atoms with Crippen molar-refractivity contribution >= 4 is 29.6 Å². The third-order valence-electron chi connectivity index (χ3n) is 0.372. The summed E-state index contributed by atoms with van der Waals surface area (Å²) in [6.45, 7) is 2.46. The molecule has 0 rings (SSSR count). The van der Waals surface area contributed by atoms with E-state index in [1.807, 2.05) is 6.92 Å². The van der Waals surface area contributed by atoms with E-state index in [4.69, 9.17) is 11.5 Å². The average molecular weight is 97.1 g/mol. The summed E-state index contributed by atoms with van der Waals surface area (Å²) in [4.78, 5) is 0. The fourth-order valence-electron chi connectivity index (χ4n) is 0. The Bertz CT molecular complexity index is 22.8. The van der Waals surface area contributed by atoms with E-state index in [1.165, 1.54) is 0 Å². The van der Waals surface area contributed by atoms with E-state index in [9.17, 15) is 0 Å². The number of hydrogen-bond donors (Lipinski definition) is 2. The Hall–Kier alpha value is 0.920. The molecule has 0 aromatic rings. The minimum Gasteiger partial charge on any atom is -0.329 e. The first kappa shape index (κ1) is 10.0. The summed E-state index contributed by atoms with van der Waals surface area (Å²) in [7, 11) is 0. The van der Waals surface area contributed by atoms with Crippen LogP contribution in [0.5, 0.6) is 0 Å². The summed E-state index contributed by atoms with van der Waals surface area (Å²) >= 11 is 0. The van der Waals surface area contributed by atoms with Gasteiger partial charge in [-0.05, 0) is 6.92 Å². The molecule has 0 fully saturated rings. The van der Waals surface area contributed by atoms with Crippen molar-refractivity contribution in [2.24, 2.45) is 11.5 Å². The van der Waals surface area contributed by atoms with E-state index in [0.717, 1.165) is 0 Å². The zero-order valence-electron chi connectivity index (χ0n) is 4.44. The van der Waals surface area contributed by atoms with E-state index in [0.29, 0.717) is 6.54 Å². The Morgan fingerprint density at radius 1 is 1.67 bits per heavy atom. The van der Waals surface area contributed by atoms with Crippen LogP contribution < -0.4 is 11.5 Å². The van der Waals surface area contributed by atoms with Crippen LogP contribution in [0.4, 0.5) is 0 Å². The maximum absolute atomic E-state index is 5.17. The van der Waals surface area contributed by atoms with Crippen LogP contribution in [0.3, 0.4) is 0 Å². The SMILES string of the molecule is CC(N)CN.[Na]. The van der Waals surface area contributed by atoms with Gasteiger partial charge in [-0.2, -0.15) is 0 Å². The molecule has 0 saturated carbocycles. The van der Waals surface area contributed by atoms with Gasteiger partial charge in [0.2, 0.25) is 0 Å². The van der Waals surface area contributed by atoms with Gasteiger partial charge in [-0.15, -0.1) is 0 Å². The van der Waals surface area contributed by atoms with Gasteiger partial charge in [-0.3, -0.25) is 0 Å². The zero-order valence-corrected chi connectivity index (χ0v) is 6.44. The second-order valence-electron chi connectivity index (χ2n) is 1.21. The molecule has 1 unspecified atom stereocenters. The van der Waals surface area contributed by atoms with Crippen LogP contribution in [0.25, 0.3) is 0 Å². The van der Waals surface area contributed by atoms with Gasteiger partial charge in [-0.1, -0.05) is 0 Å². The minimum atomic E-state index is 0. The van der Waals surface area contributed by atoms with Gasteiger partial charge in [0, 0.05) is 42.1 Å². The predicted octanol–water partition coefficient (Wildman–Crippen LogP) is -1.09. The van der Waals surface area contributed by atoms with E-state index in [1.54, 1.807) is 0 Å². The summed E-state index contributed by atoms with van der Waals surface area (Å²) in [6, 6.07) is 0.162. The van der Waals surface area contributed by atoms with Gasteiger partial charge < -0.3 is 11.5 Å². The third kappa shape index (κ3) is 8.87. The molecule has 0 spiro atoms. The Kier molecular flexibility index (Phi) is 9.89. The van der Waals surface area contributed by atoms with Gasteiger partial charge in [0.1, 0.15) is 0 Å². The predicted molar refractivity (Wildman–Crippen MR) is 28.5 cm³/mol. The van der Waals surface area contributed by atoms with Crippen molar-refractivity contribution in [2.45, 2.75) is 13.0 Å². The largest absolute Gasteiger partial charge is 0.329 e. The van der Waals surface area contributed by atoms with Crippen LogP contribution in [0.1, 0.15) is 6.92 Å². The molecule has 0 bridgehead atoms. The zero-order chi connectivity index (χ0) is 4.28. The van der Waals surface area contributed by atoms with E-state index < -0.39 is 0 Å². The number of hydrogen-bond acceptors (Lipinski definition) is 2. The van der Waals surface area contributed by atoms with Gasteiger partial charge in [0.05, 0.1) is 0 Å². The van der Waals surface area contributed by atoms with Crippen LogP contribution >= 0.6 is 0 Å². The van der Waals surface area contributed by atoms with Crippen LogP contribution in [0, 0.1) is 0 Å². The van der Waals surface area contributed by atoms with Crippen molar-refractivity contribution in [3.05, 3.63) is 0 Å². The van der Waals surface area contributed by atoms with Crippen LogP contribution in [0.2, 0.25) is 0 Å². The quantitative estimate of drug-likeness (QED) is 0.408. The second-order valence-corrected chi connectivity index (χ2v) is 1.21. The molecule has 0 amide bonds. The summed E-state index contributed by atoms with van der Waals surface area (Å²) in [5, 5.41) is 0. The summed E-state index contributed by atoms with van der Waals surface area (Å²) in [6.07, 6.45) is 0. The van der Waals surface area contributed by atoms with Gasteiger partial charge >= 0.3 is 0 Å². The second kappa shape index (κ2) is 5.92.